The van der Waals surface area contributed by atoms with Gasteiger partial charge in [-0.25, -0.2) is 12.8 Å². The predicted molar refractivity (Wildman–Crippen MR) is 120 cm³/mol. The molecule has 3 nitrogen and oxygen atoms in total. The van der Waals surface area contributed by atoms with Crippen molar-refractivity contribution in [3.8, 4) is 5.75 Å². The Balaban J connectivity index is 2.31. The summed E-state index contributed by atoms with van der Waals surface area (Å²) in [5, 5.41) is 0. The van der Waals surface area contributed by atoms with E-state index in [1.165, 1.54) is 12.1 Å². The smallest absolute Gasteiger partial charge is 0.435 e. The van der Waals surface area contributed by atoms with Gasteiger partial charge in [0.2, 0.25) is 0 Å². The van der Waals surface area contributed by atoms with E-state index in [-0.39, 0.29) is 23.5 Å². The molecule has 3 rings (SSSR count). The van der Waals surface area contributed by atoms with E-state index in [2.05, 4.69) is 0 Å². The van der Waals surface area contributed by atoms with Crippen molar-refractivity contribution in [3.63, 3.8) is 0 Å². The van der Waals surface area contributed by atoms with Crippen LogP contribution in [-0.2, 0) is 26.7 Å². The molecule has 1 aliphatic rings. The van der Waals surface area contributed by atoms with E-state index >= 15 is 0 Å². The highest BCUT2D eigenvalue weighted by Crippen LogP contribution is 2.57. The van der Waals surface area contributed by atoms with Crippen molar-refractivity contribution >= 4 is 9.84 Å². The molecule has 2 aromatic carbocycles. The van der Waals surface area contributed by atoms with E-state index < -0.39 is 49.8 Å². The average molecular weight is 541 g/mol. The first kappa shape index (κ1) is 28.3. The van der Waals surface area contributed by atoms with Gasteiger partial charge in [-0.1, -0.05) is 51.5 Å². The van der Waals surface area contributed by atoms with Crippen molar-refractivity contribution in [1.29, 1.82) is 0 Å². The number of aryl methyl sites for hydroxylation is 1. The highest BCUT2D eigenvalue weighted by molar-refractivity contribution is 7.92. The summed E-state index contributed by atoms with van der Waals surface area (Å²) in [5.41, 5.74) is -6.55. The number of ether oxygens (including phenoxy) is 1. The topological polar surface area (TPSA) is 43.4 Å². The highest BCUT2D eigenvalue weighted by Gasteiger charge is 2.73. The molecule has 0 aliphatic carbocycles. The molecular weight excluding hydrogens is 513 g/mol. The van der Waals surface area contributed by atoms with Crippen molar-refractivity contribution < 1.29 is 43.9 Å². The van der Waals surface area contributed by atoms with Gasteiger partial charge in [0, 0.05) is 17.0 Å². The largest absolute Gasteiger partial charge is 0.493 e. The Bertz CT molecular complexity index is 1170. The maximum absolute atomic E-state index is 14.7. The third kappa shape index (κ3) is 4.16. The summed E-state index contributed by atoms with van der Waals surface area (Å²) in [5.74, 6) is -1.15. The number of sulfone groups is 1. The molecule has 0 fully saturated rings. The van der Waals surface area contributed by atoms with Crippen LogP contribution in [0.25, 0.3) is 0 Å². The third-order valence-electron chi connectivity index (χ3n) is 6.95. The zero-order valence-electron chi connectivity index (χ0n) is 19.9. The number of halogens is 7. The van der Waals surface area contributed by atoms with E-state index in [4.69, 9.17) is 4.74 Å². The normalized spacial score (nSPS) is 21.1. The molecule has 0 bridgehead atoms. The lowest BCUT2D eigenvalue weighted by Gasteiger charge is -2.44. The molecule has 11 heteroatoms. The van der Waals surface area contributed by atoms with E-state index in [9.17, 15) is 39.2 Å². The van der Waals surface area contributed by atoms with Gasteiger partial charge in [-0.2, -0.15) is 26.3 Å². The second kappa shape index (κ2) is 9.54. The molecule has 0 saturated heterocycles. The maximum Gasteiger partial charge on any atom is 0.435 e. The second-order valence-corrected chi connectivity index (χ2v) is 11.1. The van der Waals surface area contributed by atoms with Crippen LogP contribution in [0.1, 0.15) is 56.7 Å². The van der Waals surface area contributed by atoms with Crippen molar-refractivity contribution in [3.05, 3.63) is 59.2 Å². The number of alkyl halides is 7. The molecule has 2 aromatic rings. The van der Waals surface area contributed by atoms with E-state index in [0.29, 0.717) is 31.4 Å². The Kier molecular flexibility index (Phi) is 7.49. The number of benzene rings is 2. The number of hydrogen-bond acceptors (Lipinski definition) is 3. The molecule has 0 spiro atoms. The Morgan fingerprint density at radius 3 is 1.97 bits per heavy atom. The van der Waals surface area contributed by atoms with Crippen LogP contribution in [0.2, 0.25) is 0 Å². The summed E-state index contributed by atoms with van der Waals surface area (Å²) in [4.78, 5) is -0.0195. The molecule has 0 radical (unpaired) electrons. The Labute approximate surface area is 205 Å². The van der Waals surface area contributed by atoms with E-state index in [1.807, 2.05) is 6.92 Å². The summed E-state index contributed by atoms with van der Waals surface area (Å²) in [7, 11) is -4.21. The van der Waals surface area contributed by atoms with E-state index in [0.717, 1.165) is 11.6 Å². The molecule has 36 heavy (non-hydrogen) atoms. The first-order chi connectivity index (χ1) is 16.6. The van der Waals surface area contributed by atoms with Crippen LogP contribution in [0.4, 0.5) is 30.7 Å². The summed E-state index contributed by atoms with van der Waals surface area (Å²) < 4.78 is 127. The number of hydrogen-bond donors (Lipinski definition) is 0. The summed E-state index contributed by atoms with van der Waals surface area (Å²) in [6.07, 6.45) is -11.2. The standard InChI is InChI=1S/C25H27F7O3S/c1-4-13-22(36(33,34)19-10-7-16(5-2)8-11-19)17(6-3)15-35-21-14-18(9-12-20(21)22)23(26,24(27,28)29)25(30,31)32/h7-12,14,17H,4-6,13,15H2,1-3H3. The summed E-state index contributed by atoms with van der Waals surface area (Å²) >= 11 is 0. The molecule has 1 heterocycles. The molecule has 1 aliphatic heterocycles. The lowest BCUT2D eigenvalue weighted by atomic mass is 9.77. The Morgan fingerprint density at radius 1 is 0.917 bits per heavy atom. The van der Waals surface area contributed by atoms with Gasteiger partial charge in [-0.05, 0) is 43.0 Å². The molecule has 0 N–H and O–H groups in total. The lowest BCUT2D eigenvalue weighted by molar-refractivity contribution is -0.348. The lowest BCUT2D eigenvalue weighted by Crippen LogP contribution is -2.51. The fourth-order valence-corrected chi connectivity index (χ4v) is 7.53. The first-order valence-electron chi connectivity index (χ1n) is 11.6. The van der Waals surface area contributed by atoms with Crippen LogP contribution < -0.4 is 4.74 Å². The summed E-state index contributed by atoms with van der Waals surface area (Å²) in [6, 6.07) is 7.74. The third-order valence-corrected chi connectivity index (χ3v) is 9.56. The van der Waals surface area contributed by atoms with Gasteiger partial charge in [-0.3, -0.25) is 0 Å². The predicted octanol–water partition coefficient (Wildman–Crippen LogP) is 7.43. The van der Waals surface area contributed by atoms with Crippen molar-refractivity contribution in [2.45, 2.75) is 74.1 Å². The minimum Gasteiger partial charge on any atom is -0.493 e. The molecule has 2 atom stereocenters. The minimum atomic E-state index is -6.30. The molecule has 0 saturated carbocycles. The molecular formula is C25H27F7O3S. The van der Waals surface area contributed by atoms with Gasteiger partial charge in [0.1, 0.15) is 10.5 Å². The van der Waals surface area contributed by atoms with Crippen LogP contribution in [0.3, 0.4) is 0 Å². The second-order valence-electron chi connectivity index (χ2n) is 8.92. The Hall–Kier alpha value is -2.30. The van der Waals surface area contributed by atoms with Gasteiger partial charge < -0.3 is 4.74 Å². The minimum absolute atomic E-state index is 0.0195. The van der Waals surface area contributed by atoms with Crippen molar-refractivity contribution in [2.24, 2.45) is 5.92 Å². The van der Waals surface area contributed by atoms with Crippen molar-refractivity contribution in [2.75, 3.05) is 6.61 Å². The van der Waals surface area contributed by atoms with Crippen LogP contribution in [0.5, 0.6) is 5.75 Å². The van der Waals surface area contributed by atoms with Gasteiger partial charge in [0.25, 0.3) is 0 Å². The van der Waals surface area contributed by atoms with Gasteiger partial charge in [0.05, 0.1) is 11.5 Å². The Morgan fingerprint density at radius 2 is 1.50 bits per heavy atom. The van der Waals surface area contributed by atoms with Gasteiger partial charge in [-0.15, -0.1) is 0 Å². The van der Waals surface area contributed by atoms with Gasteiger partial charge in [0.15, 0.2) is 9.84 Å². The number of rotatable bonds is 7. The van der Waals surface area contributed by atoms with E-state index in [1.54, 1.807) is 26.0 Å². The van der Waals surface area contributed by atoms with Crippen LogP contribution >= 0.6 is 0 Å². The van der Waals surface area contributed by atoms with Crippen LogP contribution in [0, 0.1) is 5.92 Å². The zero-order chi connectivity index (χ0) is 27.2. The fraction of sp³-hybridized carbons (Fsp3) is 0.520. The van der Waals surface area contributed by atoms with Crippen LogP contribution in [-0.4, -0.2) is 27.4 Å². The van der Waals surface area contributed by atoms with Crippen molar-refractivity contribution in [1.82, 2.24) is 0 Å². The molecule has 200 valence electrons. The quantitative estimate of drug-likeness (QED) is 0.343. The molecule has 2 unspecified atom stereocenters. The summed E-state index contributed by atoms with van der Waals surface area (Å²) in [6.45, 7) is 5.09. The number of fused-ring (bicyclic) bond motifs is 1. The highest BCUT2D eigenvalue weighted by atomic mass is 32.2. The molecule has 0 aromatic heterocycles. The monoisotopic (exact) mass is 540 g/mol. The molecule has 0 amide bonds. The van der Waals surface area contributed by atoms with Gasteiger partial charge >= 0.3 is 18.0 Å². The van der Waals surface area contributed by atoms with Crippen LogP contribution in [0.15, 0.2) is 47.4 Å². The maximum atomic E-state index is 14.7. The average Bonchev–Trinajstić information content (AvgIpc) is 2.81. The zero-order valence-corrected chi connectivity index (χ0v) is 20.7. The SMILES string of the molecule is CCCC1(S(=O)(=O)c2ccc(CC)cc2)c2ccc(C(F)(C(F)(F)F)C(F)(F)F)cc2OCC1CC. The first-order valence-corrected chi connectivity index (χ1v) is 13.0. The fourth-order valence-electron chi connectivity index (χ4n) is 5.01.